The largest absolute Gasteiger partial charge is 0.386 e. The molecule has 1 unspecified atom stereocenters. The van der Waals surface area contributed by atoms with Crippen molar-refractivity contribution in [2.24, 2.45) is 0 Å². The average Bonchev–Trinajstić information content (AvgIpc) is 2.36. The first-order chi connectivity index (χ1) is 8.58. The van der Waals surface area contributed by atoms with Gasteiger partial charge in [-0.1, -0.05) is 35.3 Å². The number of hydrogen-bond acceptors (Lipinski definition) is 3. The predicted molar refractivity (Wildman–Crippen MR) is 71.9 cm³/mol. The molecular formula is C13H12Cl2N2O. The Morgan fingerprint density at radius 3 is 2.67 bits per heavy atom. The summed E-state index contributed by atoms with van der Waals surface area (Å²) in [6.45, 7) is 1.84. The van der Waals surface area contributed by atoms with E-state index in [1.54, 1.807) is 24.5 Å². The molecule has 2 aromatic rings. The fourth-order valence-electron chi connectivity index (χ4n) is 1.59. The van der Waals surface area contributed by atoms with Crippen LogP contribution in [-0.4, -0.2) is 15.1 Å². The summed E-state index contributed by atoms with van der Waals surface area (Å²) in [6, 6.07) is 5.35. The van der Waals surface area contributed by atoms with E-state index in [0.29, 0.717) is 22.2 Å². The van der Waals surface area contributed by atoms with Gasteiger partial charge in [-0.15, -0.1) is 0 Å². The van der Waals surface area contributed by atoms with Crippen molar-refractivity contribution in [1.82, 2.24) is 9.97 Å². The van der Waals surface area contributed by atoms with Crippen LogP contribution in [0.1, 0.15) is 23.1 Å². The van der Waals surface area contributed by atoms with Crippen LogP contribution >= 0.6 is 23.2 Å². The number of aromatic nitrogens is 2. The van der Waals surface area contributed by atoms with Gasteiger partial charge in [0.2, 0.25) is 0 Å². The molecule has 0 aliphatic rings. The lowest BCUT2D eigenvalue weighted by molar-refractivity contribution is 0.173. The second-order valence-corrected chi connectivity index (χ2v) is 4.80. The Hall–Kier alpha value is -1.16. The third kappa shape index (κ3) is 2.99. The minimum atomic E-state index is -0.742. The van der Waals surface area contributed by atoms with E-state index in [1.165, 1.54) is 0 Å². The SMILES string of the molecule is Cc1cnc(C(O)Cc2cccc(Cl)c2Cl)cn1. The highest BCUT2D eigenvalue weighted by Crippen LogP contribution is 2.28. The van der Waals surface area contributed by atoms with Crippen molar-refractivity contribution in [2.75, 3.05) is 0 Å². The number of benzene rings is 1. The molecule has 1 atom stereocenters. The number of halogens is 2. The van der Waals surface area contributed by atoms with Gasteiger partial charge in [0.25, 0.3) is 0 Å². The Kier molecular flexibility index (Phi) is 4.17. The van der Waals surface area contributed by atoms with E-state index in [4.69, 9.17) is 23.2 Å². The Morgan fingerprint density at radius 2 is 2.00 bits per heavy atom. The van der Waals surface area contributed by atoms with Gasteiger partial charge in [0.15, 0.2) is 0 Å². The monoisotopic (exact) mass is 282 g/mol. The molecule has 5 heteroatoms. The molecule has 0 bridgehead atoms. The summed E-state index contributed by atoms with van der Waals surface area (Å²) in [5, 5.41) is 11.0. The van der Waals surface area contributed by atoms with E-state index in [9.17, 15) is 5.11 Å². The van der Waals surface area contributed by atoms with Gasteiger partial charge in [0.05, 0.1) is 27.6 Å². The Labute approximate surface area is 115 Å². The molecule has 1 aromatic carbocycles. The number of aryl methyl sites for hydroxylation is 1. The first kappa shape index (κ1) is 13.3. The minimum absolute atomic E-state index is 0.358. The van der Waals surface area contributed by atoms with Crippen molar-refractivity contribution in [3.05, 3.63) is 57.6 Å². The van der Waals surface area contributed by atoms with Crippen molar-refractivity contribution >= 4 is 23.2 Å². The summed E-state index contributed by atoms with van der Waals surface area (Å²) in [4.78, 5) is 8.24. The average molecular weight is 283 g/mol. The van der Waals surface area contributed by atoms with Crippen molar-refractivity contribution in [3.63, 3.8) is 0 Å². The number of hydrogen-bond donors (Lipinski definition) is 1. The van der Waals surface area contributed by atoms with Crippen molar-refractivity contribution in [2.45, 2.75) is 19.4 Å². The van der Waals surface area contributed by atoms with Gasteiger partial charge in [-0.25, -0.2) is 0 Å². The molecule has 0 spiro atoms. The first-order valence-corrected chi connectivity index (χ1v) is 6.23. The van der Waals surface area contributed by atoms with Crippen LogP contribution in [0, 0.1) is 6.92 Å². The first-order valence-electron chi connectivity index (χ1n) is 5.47. The molecule has 94 valence electrons. The van der Waals surface area contributed by atoms with Gasteiger partial charge in [-0.05, 0) is 18.6 Å². The zero-order chi connectivity index (χ0) is 13.1. The molecule has 1 N–H and O–H groups in total. The van der Waals surface area contributed by atoms with Crippen LogP contribution in [0.3, 0.4) is 0 Å². The van der Waals surface area contributed by atoms with E-state index in [1.807, 2.05) is 13.0 Å². The van der Waals surface area contributed by atoms with Crippen LogP contribution in [-0.2, 0) is 6.42 Å². The molecule has 0 saturated heterocycles. The lowest BCUT2D eigenvalue weighted by Crippen LogP contribution is -2.05. The molecule has 1 heterocycles. The maximum absolute atomic E-state index is 10.1. The Morgan fingerprint density at radius 1 is 1.22 bits per heavy atom. The molecule has 0 radical (unpaired) electrons. The third-order valence-corrected chi connectivity index (χ3v) is 3.45. The fourth-order valence-corrected chi connectivity index (χ4v) is 1.99. The van der Waals surface area contributed by atoms with E-state index >= 15 is 0 Å². The molecule has 2 rings (SSSR count). The van der Waals surface area contributed by atoms with Gasteiger partial charge in [-0.3, -0.25) is 9.97 Å². The van der Waals surface area contributed by atoms with Crippen LogP contribution in [0.25, 0.3) is 0 Å². The number of aliphatic hydroxyl groups is 1. The highest BCUT2D eigenvalue weighted by Gasteiger charge is 2.13. The minimum Gasteiger partial charge on any atom is -0.386 e. The van der Waals surface area contributed by atoms with Crippen LogP contribution in [0.4, 0.5) is 0 Å². The lowest BCUT2D eigenvalue weighted by Gasteiger charge is -2.11. The third-order valence-electron chi connectivity index (χ3n) is 2.59. The highest BCUT2D eigenvalue weighted by molar-refractivity contribution is 6.42. The molecule has 0 fully saturated rings. The molecule has 3 nitrogen and oxygen atoms in total. The van der Waals surface area contributed by atoms with Crippen LogP contribution in [0.2, 0.25) is 10.0 Å². The van der Waals surface area contributed by atoms with Crippen LogP contribution < -0.4 is 0 Å². The van der Waals surface area contributed by atoms with Crippen LogP contribution in [0.5, 0.6) is 0 Å². The van der Waals surface area contributed by atoms with Gasteiger partial charge in [0, 0.05) is 12.6 Å². The number of nitrogens with zero attached hydrogens (tertiary/aromatic N) is 2. The fraction of sp³-hybridized carbons (Fsp3) is 0.231. The maximum Gasteiger partial charge on any atom is 0.102 e. The normalized spacial score (nSPS) is 12.4. The zero-order valence-corrected chi connectivity index (χ0v) is 11.3. The zero-order valence-electron chi connectivity index (χ0n) is 9.77. The summed E-state index contributed by atoms with van der Waals surface area (Å²) in [5.41, 5.74) is 2.13. The summed E-state index contributed by atoms with van der Waals surface area (Å²) < 4.78 is 0. The van der Waals surface area contributed by atoms with Crippen molar-refractivity contribution in [1.29, 1.82) is 0 Å². The molecular weight excluding hydrogens is 271 g/mol. The summed E-state index contributed by atoms with van der Waals surface area (Å²) >= 11 is 12.0. The second kappa shape index (κ2) is 5.65. The predicted octanol–water partition coefficient (Wildman–Crippen LogP) is 3.37. The topological polar surface area (TPSA) is 46.0 Å². The molecule has 0 aliphatic heterocycles. The van der Waals surface area contributed by atoms with E-state index < -0.39 is 6.10 Å². The van der Waals surface area contributed by atoms with Gasteiger partial charge in [0.1, 0.15) is 6.10 Å². The quantitative estimate of drug-likeness (QED) is 0.939. The standard InChI is InChI=1S/C13H12Cl2N2O/c1-8-6-17-11(7-16-8)12(18)5-9-3-2-4-10(14)13(9)15/h2-4,6-7,12,18H,5H2,1H3. The van der Waals surface area contributed by atoms with E-state index in [2.05, 4.69) is 9.97 Å². The summed E-state index contributed by atoms with van der Waals surface area (Å²) in [7, 11) is 0. The van der Waals surface area contributed by atoms with Gasteiger partial charge >= 0.3 is 0 Å². The highest BCUT2D eigenvalue weighted by atomic mass is 35.5. The van der Waals surface area contributed by atoms with Crippen molar-refractivity contribution in [3.8, 4) is 0 Å². The van der Waals surface area contributed by atoms with Crippen molar-refractivity contribution < 1.29 is 5.11 Å². The molecule has 0 saturated carbocycles. The molecule has 0 aliphatic carbocycles. The van der Waals surface area contributed by atoms with E-state index in [0.717, 1.165) is 11.3 Å². The number of rotatable bonds is 3. The van der Waals surface area contributed by atoms with Crippen LogP contribution in [0.15, 0.2) is 30.6 Å². The molecule has 0 amide bonds. The summed E-state index contributed by atoms with van der Waals surface area (Å²) in [6.07, 6.45) is 2.81. The molecule has 18 heavy (non-hydrogen) atoms. The smallest absolute Gasteiger partial charge is 0.102 e. The van der Waals surface area contributed by atoms with E-state index in [-0.39, 0.29) is 0 Å². The van der Waals surface area contributed by atoms with Gasteiger partial charge < -0.3 is 5.11 Å². The second-order valence-electron chi connectivity index (χ2n) is 4.02. The number of aliphatic hydroxyl groups excluding tert-OH is 1. The summed E-state index contributed by atoms with van der Waals surface area (Å²) in [5.74, 6) is 0. The Balaban J connectivity index is 2.18. The Bertz CT molecular complexity index is 543. The van der Waals surface area contributed by atoms with Gasteiger partial charge in [-0.2, -0.15) is 0 Å². The molecule has 1 aromatic heterocycles. The lowest BCUT2D eigenvalue weighted by atomic mass is 10.1. The maximum atomic E-state index is 10.1.